The standard InChI is InChI=1S/C22H17S.C18H13S.C18H15S.C16H30O2.2C13H18F2O5S.C10H18O4.C7H6O3/c1-3-12-19(13-4-1)23(20-14-5-2-6-15-20)22-17-9-11-18-10-7-8-16-21(18)22;1-2-8-14(9-3-1)19-17-12-6-4-10-15(17)16-11-5-7-13-18(16)19;1-4-10-16(11-5-1)19(17-12-6-2-7-13-17)18-14-8-3-9-15-18;1-5-15(3,4)14(17)18-16(6-2)12-10-8-7-9-11-13-16;2*14-13(15,21(17,18)19)7-20-11(16)12-4-8-1-9(5-12)3-10(2-8)6-12;1-5-10(3,4)9(12)14-7-8(11)13-6-2;8-6-4-2-1-3-5(6)7(9)10/h1-17H;1-13H;1-15H;5-13H2,1-4H3;2*8-10H,1-7H2,(H,17,18,19);5-7H2,1-4H3;1-4,8H,(H,9,10)/q3*+1;;;;;/p-2. The van der Waals surface area contributed by atoms with Crippen molar-refractivity contribution in [3.63, 3.8) is 0 Å². The highest BCUT2D eigenvalue weighted by Crippen LogP contribution is 2.62. The molecular weight excluding hydrogens is 1950 g/mol. The highest BCUT2D eigenvalue weighted by atomic mass is 32.2. The number of aromatic carboxylic acids is 1. The predicted molar refractivity (Wildman–Crippen MR) is 560 cm³/mol. The Hall–Kier alpha value is -11.2. The second-order valence-electron chi connectivity index (χ2n) is 39.9. The SMILES string of the molecule is CCC1(OC(=O)C(C)(C)CC)CCCCCCC1.CCOC(=O)COC(=O)C(C)(C)CC.O=C(O)c1ccccc1O.O=C(OCC(F)(F)S(=O)(=O)[O-])C12CC3CC(CC(C3)C1)C2.O=C(OCC(F)(F)S(=O)(=O)[O-])C12CC3CC(CC(C3)C1)C2.c1ccc(-[s+]2c3ccccc3c3ccccc32)cc1.c1ccc([S+](c2ccccc2)c2cccc3ccccc23)cc1.c1ccc([S+](c2ccccc2)c2ccccc2)cc1. The number of hydrogen-bond donors (Lipinski definition) is 2. The molecule has 21 rings (SSSR count). The minimum Gasteiger partial charge on any atom is -0.743 e. The maximum atomic E-state index is 13.1. The van der Waals surface area contributed by atoms with E-state index in [1.807, 2.05) is 20.8 Å². The van der Waals surface area contributed by atoms with Gasteiger partial charge in [0.25, 0.3) is 0 Å². The molecule has 0 amide bonds. The Morgan fingerprint density at radius 3 is 1.09 bits per heavy atom. The molecule has 0 saturated heterocycles. The fourth-order valence-electron chi connectivity index (χ4n) is 21.0. The third-order valence-corrected chi connectivity index (χ3v) is 37.2. The number of phenols is 1. The first kappa shape index (κ1) is 113. The molecule has 145 heavy (non-hydrogen) atoms. The van der Waals surface area contributed by atoms with Gasteiger partial charge in [0.15, 0.2) is 83.7 Å². The van der Waals surface area contributed by atoms with Crippen molar-refractivity contribution in [3.05, 3.63) is 303 Å². The largest absolute Gasteiger partial charge is 0.743 e. The topological polar surface area (TPSA) is 303 Å². The van der Waals surface area contributed by atoms with Gasteiger partial charge in [-0.25, -0.2) is 26.4 Å². The van der Waals surface area contributed by atoms with Crippen LogP contribution in [0.2, 0.25) is 0 Å². The first-order valence-corrected chi connectivity index (χ1v) is 56.4. The summed E-state index contributed by atoms with van der Waals surface area (Å²) in [6.07, 6.45) is 21.2. The summed E-state index contributed by atoms with van der Waals surface area (Å²) in [6.45, 7) is 12.0. The Bertz CT molecular complexity index is 6140. The van der Waals surface area contributed by atoms with Crippen LogP contribution in [0.1, 0.15) is 207 Å². The van der Waals surface area contributed by atoms with Crippen LogP contribution in [0.15, 0.2) is 327 Å². The van der Waals surface area contributed by atoms with E-state index in [-0.39, 0.29) is 73.1 Å². The quantitative estimate of drug-likeness (QED) is 0.0177. The second kappa shape index (κ2) is 50.9. The van der Waals surface area contributed by atoms with Gasteiger partial charge in [0.1, 0.15) is 16.9 Å². The number of hydrogen-bond acceptors (Lipinski definition) is 18. The van der Waals surface area contributed by atoms with E-state index in [2.05, 4.69) is 301 Å². The molecule has 0 spiro atoms. The number of carboxylic acid groups (broad SMARTS) is 1. The van der Waals surface area contributed by atoms with Gasteiger partial charge in [-0.1, -0.05) is 216 Å². The van der Waals surface area contributed by atoms with Gasteiger partial charge in [-0.2, -0.15) is 17.6 Å². The molecule has 12 aromatic rings. The Morgan fingerprint density at radius 1 is 0.400 bits per heavy atom. The summed E-state index contributed by atoms with van der Waals surface area (Å²) in [5, 5.41) is 13.6. The van der Waals surface area contributed by atoms with E-state index >= 15 is 0 Å². The fourth-order valence-corrected chi connectivity index (χ4v) is 28.1. The van der Waals surface area contributed by atoms with Crippen LogP contribution in [0.25, 0.3) is 35.8 Å². The molecule has 8 bridgehead atoms. The zero-order valence-electron chi connectivity index (χ0n) is 83.5. The molecule has 28 heteroatoms. The van der Waals surface area contributed by atoms with Crippen LogP contribution < -0.4 is 0 Å². The molecule has 11 aromatic carbocycles. The van der Waals surface area contributed by atoms with E-state index in [4.69, 9.17) is 19.7 Å². The number of fused-ring (bicyclic) bond motifs is 4. The van der Waals surface area contributed by atoms with E-state index in [1.165, 1.54) is 109 Å². The van der Waals surface area contributed by atoms with Crippen molar-refractivity contribution in [3.8, 4) is 10.6 Å². The molecule has 0 unspecified atom stereocenters. The van der Waals surface area contributed by atoms with E-state index in [0.29, 0.717) is 87.1 Å². The van der Waals surface area contributed by atoms with Crippen molar-refractivity contribution in [2.45, 2.75) is 242 Å². The molecule has 9 aliphatic carbocycles. The summed E-state index contributed by atoms with van der Waals surface area (Å²) in [4.78, 5) is 78.8. The molecule has 9 fully saturated rings. The van der Waals surface area contributed by atoms with Gasteiger partial charge in [-0.15, -0.1) is 0 Å². The Kier molecular flexibility index (Phi) is 39.5. The number of esters is 5. The van der Waals surface area contributed by atoms with Crippen molar-refractivity contribution < 1.29 is 106 Å². The zero-order chi connectivity index (χ0) is 104. The Morgan fingerprint density at radius 2 is 0.731 bits per heavy atom. The highest BCUT2D eigenvalue weighted by molar-refractivity contribution is 7.97. The third kappa shape index (κ3) is 29.6. The summed E-state index contributed by atoms with van der Waals surface area (Å²) in [6, 6.07) is 103. The lowest BCUT2D eigenvalue weighted by atomic mass is 9.49. The number of rotatable bonds is 25. The van der Waals surface area contributed by atoms with Gasteiger partial charge in [0.2, 0.25) is 0 Å². The molecule has 0 atom stereocenters. The van der Waals surface area contributed by atoms with Crippen LogP contribution in [0.3, 0.4) is 0 Å². The van der Waals surface area contributed by atoms with Crippen molar-refractivity contribution >= 4 is 119 Å². The van der Waals surface area contributed by atoms with Crippen molar-refractivity contribution in [1.29, 1.82) is 0 Å². The third-order valence-electron chi connectivity index (χ3n) is 28.6. The Balaban J connectivity index is 0.000000149. The predicted octanol–water partition coefficient (Wildman–Crippen LogP) is 27.7. The minimum absolute atomic E-state index is 0.00702. The van der Waals surface area contributed by atoms with Crippen LogP contribution >= 0.6 is 10.5 Å². The molecule has 1 heterocycles. The number of benzene rings is 11. The summed E-state index contributed by atoms with van der Waals surface area (Å²) in [5.41, 5.74) is -2.60. The number of halogens is 4. The van der Waals surface area contributed by atoms with Crippen molar-refractivity contribution in [2.24, 2.45) is 57.2 Å². The molecule has 9 aliphatic rings. The molecule has 19 nitrogen and oxygen atoms in total. The van der Waals surface area contributed by atoms with Crippen molar-refractivity contribution in [2.75, 3.05) is 26.4 Å². The number of carboxylic acids is 1. The van der Waals surface area contributed by atoms with Gasteiger partial charge >= 0.3 is 46.3 Å². The number of carbonyl (C=O) groups is 6. The number of carbonyl (C=O) groups excluding carboxylic acids is 5. The summed E-state index contributed by atoms with van der Waals surface area (Å²) < 4.78 is 142. The average Bonchev–Trinajstić information content (AvgIpc) is 1.66. The smallest absolute Gasteiger partial charge is 0.367 e. The van der Waals surface area contributed by atoms with E-state index in [1.54, 1.807) is 32.9 Å². The summed E-state index contributed by atoms with van der Waals surface area (Å²) in [5.74, 6) is -1.09. The lowest BCUT2D eigenvalue weighted by Crippen LogP contribution is -2.51. The second-order valence-corrected chi connectivity index (χ2v) is 48.9. The maximum absolute atomic E-state index is 13.1. The lowest BCUT2D eigenvalue weighted by Gasteiger charge is -2.55. The van der Waals surface area contributed by atoms with Gasteiger partial charge in [-0.3, -0.25) is 19.2 Å². The molecule has 2 N–H and O–H groups in total. The van der Waals surface area contributed by atoms with Crippen LogP contribution in [0.5, 0.6) is 5.75 Å². The zero-order valence-corrected chi connectivity index (χ0v) is 87.6. The highest BCUT2D eigenvalue weighted by Gasteiger charge is 2.58. The van der Waals surface area contributed by atoms with Crippen molar-refractivity contribution in [1.82, 2.24) is 0 Å². The number of alkyl halides is 4. The van der Waals surface area contributed by atoms with Gasteiger partial charge in [-0.05, 0) is 319 Å². The van der Waals surface area contributed by atoms with Crippen LogP contribution in [0.4, 0.5) is 17.6 Å². The minimum atomic E-state index is -5.81. The van der Waals surface area contributed by atoms with Crippen LogP contribution in [0, 0.1) is 57.2 Å². The van der Waals surface area contributed by atoms with Crippen LogP contribution in [-0.4, -0.2) is 115 Å². The molecule has 772 valence electrons. The Labute approximate surface area is 858 Å². The summed E-state index contributed by atoms with van der Waals surface area (Å²) >= 11 is 0. The first-order chi connectivity index (χ1) is 69.2. The van der Waals surface area contributed by atoms with E-state index in [0.717, 1.165) is 64.2 Å². The van der Waals surface area contributed by atoms with Gasteiger partial charge in [0.05, 0.1) is 50.1 Å². The first-order valence-electron chi connectivity index (χ1n) is 49.9. The number of thiophene rings is 1. The van der Waals surface area contributed by atoms with E-state index in [9.17, 15) is 72.3 Å². The maximum Gasteiger partial charge on any atom is 0.367 e. The number of para-hydroxylation sites is 1. The number of ether oxygens (including phenoxy) is 5. The monoisotopic (exact) mass is 2080 g/mol. The molecular formula is C117H133F4O19S5+. The van der Waals surface area contributed by atoms with Gasteiger partial charge in [0, 0.05) is 26.6 Å². The summed E-state index contributed by atoms with van der Waals surface area (Å²) in [7, 11) is -11.7. The van der Waals surface area contributed by atoms with Crippen LogP contribution in [-0.2, 0) is 89.7 Å². The molecule has 1 aromatic heterocycles. The average molecular weight is 2080 g/mol. The normalized spacial score (nSPS) is 20.0. The van der Waals surface area contributed by atoms with Gasteiger partial charge < -0.3 is 43.0 Å². The fraction of sp³-hybridized carbons (Fsp3) is 0.402. The molecule has 9 saturated carbocycles. The number of aromatic hydroxyl groups is 1. The molecule has 0 radical (unpaired) electrons. The van der Waals surface area contributed by atoms with E-state index < -0.39 is 84.1 Å². The molecule has 0 aliphatic heterocycles. The lowest BCUT2D eigenvalue weighted by molar-refractivity contribution is -0.177.